The number of hydrogen-bond acceptors (Lipinski definition) is 1. The molecule has 2 heteroatoms. The number of hydrogen-bond donors (Lipinski definition) is 1. The highest BCUT2D eigenvalue weighted by Gasteiger charge is 2.15. The van der Waals surface area contributed by atoms with Gasteiger partial charge in [0.05, 0.1) is 0 Å². The van der Waals surface area contributed by atoms with Crippen LogP contribution in [0.4, 0.5) is 4.39 Å². The van der Waals surface area contributed by atoms with Gasteiger partial charge < -0.3 is 5.32 Å². The SMILES string of the molecule is CC1NCCc2ccc(F)cc21. The second-order valence-corrected chi connectivity index (χ2v) is 3.27. The van der Waals surface area contributed by atoms with Gasteiger partial charge in [-0.2, -0.15) is 0 Å². The summed E-state index contributed by atoms with van der Waals surface area (Å²) in [4.78, 5) is 0. The molecule has 1 aromatic rings. The standard InChI is InChI=1S/C10H12FN/c1-7-10-6-9(11)3-2-8(10)4-5-12-7/h2-3,6-7,12H,4-5H2,1H3. The number of benzene rings is 1. The number of rotatable bonds is 0. The van der Waals surface area contributed by atoms with Crippen molar-refractivity contribution in [3.8, 4) is 0 Å². The maximum absolute atomic E-state index is 12.8. The Kier molecular flexibility index (Phi) is 1.85. The molecular formula is C10H12FN. The second kappa shape index (κ2) is 2.87. The zero-order chi connectivity index (χ0) is 8.55. The highest BCUT2D eigenvalue weighted by atomic mass is 19.1. The maximum atomic E-state index is 12.8. The van der Waals surface area contributed by atoms with Crippen molar-refractivity contribution in [3.05, 3.63) is 35.1 Å². The van der Waals surface area contributed by atoms with Crippen LogP contribution in [0.3, 0.4) is 0 Å². The van der Waals surface area contributed by atoms with Gasteiger partial charge in [-0.15, -0.1) is 0 Å². The fourth-order valence-corrected chi connectivity index (χ4v) is 1.73. The third-order valence-electron chi connectivity index (χ3n) is 2.42. The first kappa shape index (κ1) is 7.74. The van der Waals surface area contributed by atoms with Crippen LogP contribution in [0.1, 0.15) is 24.1 Å². The molecule has 0 radical (unpaired) electrons. The van der Waals surface area contributed by atoms with Crippen molar-refractivity contribution >= 4 is 0 Å². The molecule has 1 unspecified atom stereocenters. The van der Waals surface area contributed by atoms with E-state index in [1.54, 1.807) is 6.07 Å². The summed E-state index contributed by atoms with van der Waals surface area (Å²) < 4.78 is 12.8. The van der Waals surface area contributed by atoms with Crippen LogP contribution in [0.15, 0.2) is 18.2 Å². The van der Waals surface area contributed by atoms with E-state index in [-0.39, 0.29) is 5.82 Å². The van der Waals surface area contributed by atoms with Gasteiger partial charge in [0.15, 0.2) is 0 Å². The average molecular weight is 165 g/mol. The Morgan fingerprint density at radius 3 is 3.17 bits per heavy atom. The molecule has 0 bridgehead atoms. The Hall–Kier alpha value is -0.890. The molecule has 0 spiro atoms. The molecule has 0 aromatic heterocycles. The second-order valence-electron chi connectivity index (χ2n) is 3.27. The minimum absolute atomic E-state index is 0.135. The summed E-state index contributed by atoms with van der Waals surface area (Å²) in [5, 5.41) is 3.30. The van der Waals surface area contributed by atoms with Crippen LogP contribution >= 0.6 is 0 Å². The number of halogens is 1. The van der Waals surface area contributed by atoms with Gasteiger partial charge in [-0.05, 0) is 43.1 Å². The smallest absolute Gasteiger partial charge is 0.123 e. The van der Waals surface area contributed by atoms with Crippen LogP contribution in [0, 0.1) is 5.82 Å². The quantitative estimate of drug-likeness (QED) is 0.620. The molecule has 0 fully saturated rings. The highest BCUT2D eigenvalue weighted by molar-refractivity contribution is 5.32. The average Bonchev–Trinajstić information content (AvgIpc) is 2.07. The molecule has 0 saturated heterocycles. The fourth-order valence-electron chi connectivity index (χ4n) is 1.73. The molecule has 1 atom stereocenters. The van der Waals surface area contributed by atoms with Crippen molar-refractivity contribution in [2.45, 2.75) is 19.4 Å². The summed E-state index contributed by atoms with van der Waals surface area (Å²) in [6, 6.07) is 5.36. The normalized spacial score (nSPS) is 22.0. The Bertz CT molecular complexity index is 296. The van der Waals surface area contributed by atoms with Gasteiger partial charge in [0, 0.05) is 6.04 Å². The molecular weight excluding hydrogens is 153 g/mol. The summed E-state index contributed by atoms with van der Waals surface area (Å²) in [6.45, 7) is 3.07. The maximum Gasteiger partial charge on any atom is 0.123 e. The Morgan fingerprint density at radius 1 is 1.50 bits per heavy atom. The summed E-state index contributed by atoms with van der Waals surface area (Å²) in [7, 11) is 0. The monoisotopic (exact) mass is 165 g/mol. The van der Waals surface area contributed by atoms with Gasteiger partial charge in [-0.1, -0.05) is 6.07 Å². The summed E-state index contributed by atoms with van der Waals surface area (Å²) in [5.41, 5.74) is 2.39. The third-order valence-corrected chi connectivity index (χ3v) is 2.42. The largest absolute Gasteiger partial charge is 0.310 e. The molecule has 1 aliphatic rings. The first-order valence-corrected chi connectivity index (χ1v) is 4.29. The van der Waals surface area contributed by atoms with Crippen LogP contribution in [-0.4, -0.2) is 6.54 Å². The zero-order valence-corrected chi connectivity index (χ0v) is 7.10. The van der Waals surface area contributed by atoms with Crippen LogP contribution in [0.5, 0.6) is 0 Å². The van der Waals surface area contributed by atoms with E-state index in [4.69, 9.17) is 0 Å². The van der Waals surface area contributed by atoms with E-state index in [0.717, 1.165) is 18.5 Å². The molecule has 0 aliphatic carbocycles. The third kappa shape index (κ3) is 1.23. The fraction of sp³-hybridized carbons (Fsp3) is 0.400. The predicted molar refractivity (Wildman–Crippen MR) is 46.5 cm³/mol. The summed E-state index contributed by atoms with van der Waals surface area (Å²) in [5.74, 6) is -0.135. The minimum Gasteiger partial charge on any atom is -0.310 e. The lowest BCUT2D eigenvalue weighted by Gasteiger charge is -2.23. The molecule has 12 heavy (non-hydrogen) atoms. The molecule has 1 aromatic carbocycles. The van der Waals surface area contributed by atoms with Crippen molar-refractivity contribution in [1.29, 1.82) is 0 Å². The lowest BCUT2D eigenvalue weighted by Crippen LogP contribution is -2.27. The molecule has 2 rings (SSSR count). The first-order valence-electron chi connectivity index (χ1n) is 4.29. The first-order chi connectivity index (χ1) is 5.77. The molecule has 1 aliphatic heterocycles. The summed E-state index contributed by atoms with van der Waals surface area (Å²) in [6.07, 6.45) is 1.01. The van der Waals surface area contributed by atoms with Crippen LogP contribution in [0.2, 0.25) is 0 Å². The predicted octanol–water partition coefficient (Wildman–Crippen LogP) is 2.03. The van der Waals surface area contributed by atoms with Crippen molar-refractivity contribution < 1.29 is 4.39 Å². The highest BCUT2D eigenvalue weighted by Crippen LogP contribution is 2.22. The molecule has 1 N–H and O–H groups in total. The topological polar surface area (TPSA) is 12.0 Å². The van der Waals surface area contributed by atoms with E-state index in [2.05, 4.69) is 12.2 Å². The number of fused-ring (bicyclic) bond motifs is 1. The van der Waals surface area contributed by atoms with Crippen molar-refractivity contribution in [1.82, 2.24) is 5.32 Å². The van der Waals surface area contributed by atoms with Crippen LogP contribution in [0.25, 0.3) is 0 Å². The molecule has 0 amide bonds. The van der Waals surface area contributed by atoms with Gasteiger partial charge in [-0.3, -0.25) is 0 Å². The molecule has 64 valence electrons. The lowest BCUT2D eigenvalue weighted by molar-refractivity contribution is 0.532. The molecule has 0 saturated carbocycles. The zero-order valence-electron chi connectivity index (χ0n) is 7.10. The van der Waals surface area contributed by atoms with Gasteiger partial charge in [0.1, 0.15) is 5.82 Å². The Balaban J connectivity index is 2.47. The van der Waals surface area contributed by atoms with E-state index in [9.17, 15) is 4.39 Å². The minimum atomic E-state index is -0.135. The van der Waals surface area contributed by atoms with Crippen LogP contribution in [-0.2, 0) is 6.42 Å². The van der Waals surface area contributed by atoms with Crippen LogP contribution < -0.4 is 5.32 Å². The van der Waals surface area contributed by atoms with Gasteiger partial charge >= 0.3 is 0 Å². The Labute approximate surface area is 71.6 Å². The van der Waals surface area contributed by atoms with E-state index < -0.39 is 0 Å². The van der Waals surface area contributed by atoms with Crippen molar-refractivity contribution in [3.63, 3.8) is 0 Å². The van der Waals surface area contributed by atoms with Gasteiger partial charge in [0.25, 0.3) is 0 Å². The molecule has 1 nitrogen and oxygen atoms in total. The summed E-state index contributed by atoms with van der Waals surface area (Å²) >= 11 is 0. The van der Waals surface area contributed by atoms with Crippen molar-refractivity contribution in [2.24, 2.45) is 0 Å². The molecule has 1 heterocycles. The number of nitrogens with one attached hydrogen (secondary N) is 1. The van der Waals surface area contributed by atoms with E-state index in [1.807, 2.05) is 6.07 Å². The van der Waals surface area contributed by atoms with E-state index in [1.165, 1.54) is 11.6 Å². The van der Waals surface area contributed by atoms with Gasteiger partial charge in [0.2, 0.25) is 0 Å². The Morgan fingerprint density at radius 2 is 2.33 bits per heavy atom. The van der Waals surface area contributed by atoms with E-state index >= 15 is 0 Å². The van der Waals surface area contributed by atoms with E-state index in [0.29, 0.717) is 6.04 Å². The van der Waals surface area contributed by atoms with Gasteiger partial charge in [-0.25, -0.2) is 4.39 Å². The lowest BCUT2D eigenvalue weighted by atomic mass is 9.95. The van der Waals surface area contributed by atoms with Crippen molar-refractivity contribution in [2.75, 3.05) is 6.54 Å².